The van der Waals surface area contributed by atoms with Crippen molar-refractivity contribution in [1.29, 1.82) is 0 Å². The second kappa shape index (κ2) is 4.76. The maximum atomic E-state index is 13.7. The Morgan fingerprint density at radius 3 is 2.40 bits per heavy atom. The van der Waals surface area contributed by atoms with E-state index < -0.39 is 21.7 Å². The summed E-state index contributed by atoms with van der Waals surface area (Å²) in [6, 6.07) is 0.0236. The fourth-order valence-electron chi connectivity index (χ4n) is 2.06. The molecule has 1 saturated carbocycles. The molecule has 0 radical (unpaired) electrons. The first kappa shape index (κ1) is 12.9. The van der Waals surface area contributed by atoms with Crippen molar-refractivity contribution in [3.8, 4) is 0 Å². The van der Waals surface area contributed by atoms with Gasteiger partial charge in [0.25, 0.3) is 10.1 Å². The Kier molecular flexibility index (Phi) is 4.08. The summed E-state index contributed by atoms with van der Waals surface area (Å²) in [7, 11) is -4.27. The van der Waals surface area contributed by atoms with Gasteiger partial charge in [0, 0.05) is 6.04 Å². The topological polar surface area (TPSA) is 66.4 Å². The second-order valence-corrected chi connectivity index (χ2v) is 5.86. The number of nitrogens with one attached hydrogen (secondary N) is 1. The van der Waals surface area contributed by atoms with Crippen LogP contribution in [0.5, 0.6) is 0 Å². The van der Waals surface area contributed by atoms with Gasteiger partial charge in [0.05, 0.1) is 0 Å². The normalized spacial score (nSPS) is 23.7. The molecule has 0 aromatic rings. The van der Waals surface area contributed by atoms with E-state index in [1.807, 2.05) is 0 Å². The average Bonchev–Trinajstić information content (AvgIpc) is 1.99. The minimum Gasteiger partial charge on any atom is -0.285 e. The van der Waals surface area contributed by atoms with E-state index in [1.54, 1.807) is 0 Å². The van der Waals surface area contributed by atoms with Crippen LogP contribution in [0.3, 0.4) is 0 Å². The van der Waals surface area contributed by atoms with E-state index in [-0.39, 0.29) is 6.04 Å². The molecular formula is C9H18FNO3S. The van der Waals surface area contributed by atoms with Gasteiger partial charge in [-0.25, -0.2) is 4.39 Å². The molecular weight excluding hydrogens is 221 g/mol. The highest BCUT2D eigenvalue weighted by atomic mass is 32.2. The lowest BCUT2D eigenvalue weighted by atomic mass is 9.95. The predicted octanol–water partition coefficient (Wildman–Crippen LogP) is 1.48. The van der Waals surface area contributed by atoms with Gasteiger partial charge in [-0.2, -0.15) is 8.42 Å². The molecule has 0 aromatic heterocycles. The third-order valence-electron chi connectivity index (χ3n) is 2.56. The van der Waals surface area contributed by atoms with Gasteiger partial charge in [-0.3, -0.25) is 9.87 Å². The van der Waals surface area contributed by atoms with E-state index in [4.69, 9.17) is 4.55 Å². The minimum atomic E-state index is -4.27. The summed E-state index contributed by atoms with van der Waals surface area (Å²) in [5.41, 5.74) is 0. The molecule has 0 spiro atoms. The summed E-state index contributed by atoms with van der Waals surface area (Å²) in [6.45, 7) is 1.15. The maximum absolute atomic E-state index is 13.7. The summed E-state index contributed by atoms with van der Waals surface area (Å²) in [5, 5.41) is 2.65. The van der Waals surface area contributed by atoms with Crippen LogP contribution in [0.25, 0.3) is 0 Å². The first-order chi connectivity index (χ1) is 6.79. The summed E-state index contributed by atoms with van der Waals surface area (Å²) >= 11 is 0. The zero-order valence-electron chi connectivity index (χ0n) is 8.87. The van der Waals surface area contributed by atoms with Crippen molar-refractivity contribution in [3.05, 3.63) is 0 Å². The molecule has 0 unspecified atom stereocenters. The molecule has 1 aliphatic carbocycles. The molecule has 4 nitrogen and oxygen atoms in total. The minimum absolute atomic E-state index is 0.0236. The summed E-state index contributed by atoms with van der Waals surface area (Å²) < 4.78 is 43.4. The van der Waals surface area contributed by atoms with Crippen molar-refractivity contribution >= 4 is 10.1 Å². The van der Waals surface area contributed by atoms with Crippen LogP contribution >= 0.6 is 0 Å². The standard InChI is InChI=1S/C9H18FNO3S/c1-9(10,7-15(12,13)14)11-8-5-3-2-4-6-8/h8,11H,2-7H2,1H3,(H,12,13,14)/t9-/m1/s1. The van der Waals surface area contributed by atoms with E-state index in [0.29, 0.717) is 0 Å². The van der Waals surface area contributed by atoms with Crippen LogP contribution in [0, 0.1) is 0 Å². The molecule has 0 saturated heterocycles. The fourth-order valence-corrected chi connectivity index (χ4v) is 2.83. The summed E-state index contributed by atoms with van der Waals surface area (Å²) in [6.07, 6.45) is 4.97. The first-order valence-electron chi connectivity index (χ1n) is 5.20. The molecule has 1 atom stereocenters. The second-order valence-electron chi connectivity index (χ2n) is 4.40. The Hall–Kier alpha value is -0.200. The Balaban J connectivity index is 2.47. The molecule has 1 rings (SSSR count). The van der Waals surface area contributed by atoms with Gasteiger partial charge >= 0.3 is 0 Å². The monoisotopic (exact) mass is 239 g/mol. The highest BCUT2D eigenvalue weighted by Crippen LogP contribution is 2.21. The van der Waals surface area contributed by atoms with Gasteiger partial charge in [0.2, 0.25) is 0 Å². The number of hydrogen-bond acceptors (Lipinski definition) is 3. The number of halogens is 1. The SMILES string of the molecule is C[C@](F)(CS(=O)(=O)O)NC1CCCCC1. The smallest absolute Gasteiger partial charge is 0.269 e. The zero-order valence-corrected chi connectivity index (χ0v) is 9.69. The molecule has 6 heteroatoms. The van der Waals surface area contributed by atoms with Crippen molar-refractivity contribution in [2.24, 2.45) is 0 Å². The number of alkyl halides is 1. The number of rotatable bonds is 4. The van der Waals surface area contributed by atoms with Crippen LogP contribution in [-0.2, 0) is 10.1 Å². The van der Waals surface area contributed by atoms with E-state index in [2.05, 4.69) is 5.32 Å². The van der Waals surface area contributed by atoms with E-state index in [0.717, 1.165) is 39.0 Å². The Bertz CT molecular complexity index is 296. The Morgan fingerprint density at radius 1 is 1.40 bits per heavy atom. The van der Waals surface area contributed by atoms with Crippen molar-refractivity contribution in [1.82, 2.24) is 5.32 Å². The lowest BCUT2D eigenvalue weighted by molar-refractivity contribution is 0.131. The largest absolute Gasteiger partial charge is 0.285 e. The quantitative estimate of drug-likeness (QED) is 0.576. The highest BCUT2D eigenvalue weighted by Gasteiger charge is 2.32. The van der Waals surface area contributed by atoms with Crippen molar-refractivity contribution in [2.45, 2.75) is 50.9 Å². The molecule has 0 amide bonds. The molecule has 2 N–H and O–H groups in total. The molecule has 1 aliphatic rings. The first-order valence-corrected chi connectivity index (χ1v) is 6.81. The van der Waals surface area contributed by atoms with Crippen LogP contribution in [0.15, 0.2) is 0 Å². The molecule has 1 fully saturated rings. The third-order valence-corrected chi connectivity index (χ3v) is 3.47. The zero-order chi connectivity index (χ0) is 11.5. The lowest BCUT2D eigenvalue weighted by Crippen LogP contribution is -2.49. The van der Waals surface area contributed by atoms with Crippen molar-refractivity contribution in [3.63, 3.8) is 0 Å². The van der Waals surface area contributed by atoms with Crippen LogP contribution < -0.4 is 5.32 Å². The molecule has 15 heavy (non-hydrogen) atoms. The van der Waals surface area contributed by atoms with Crippen LogP contribution in [0.2, 0.25) is 0 Å². The molecule has 0 aliphatic heterocycles. The van der Waals surface area contributed by atoms with Crippen LogP contribution in [-0.4, -0.2) is 30.6 Å². The van der Waals surface area contributed by atoms with Gasteiger partial charge in [-0.15, -0.1) is 0 Å². The van der Waals surface area contributed by atoms with Gasteiger partial charge in [-0.05, 0) is 19.8 Å². The summed E-state index contributed by atoms with van der Waals surface area (Å²) in [5.74, 6) is -2.94. The van der Waals surface area contributed by atoms with Crippen LogP contribution in [0.4, 0.5) is 4.39 Å². The molecule has 0 aromatic carbocycles. The van der Waals surface area contributed by atoms with E-state index >= 15 is 0 Å². The highest BCUT2D eigenvalue weighted by molar-refractivity contribution is 7.85. The van der Waals surface area contributed by atoms with E-state index in [1.165, 1.54) is 0 Å². The van der Waals surface area contributed by atoms with Gasteiger partial charge in [-0.1, -0.05) is 19.3 Å². The number of hydrogen-bond donors (Lipinski definition) is 2. The molecule has 0 heterocycles. The van der Waals surface area contributed by atoms with Crippen molar-refractivity contribution < 1.29 is 17.4 Å². The molecule has 90 valence electrons. The van der Waals surface area contributed by atoms with Gasteiger partial charge in [0.1, 0.15) is 5.75 Å². The third kappa shape index (κ3) is 5.44. The Morgan fingerprint density at radius 2 is 1.93 bits per heavy atom. The average molecular weight is 239 g/mol. The summed E-state index contributed by atoms with van der Waals surface area (Å²) in [4.78, 5) is 0. The van der Waals surface area contributed by atoms with Gasteiger partial charge < -0.3 is 0 Å². The predicted molar refractivity (Wildman–Crippen MR) is 55.9 cm³/mol. The molecule has 0 bridgehead atoms. The lowest BCUT2D eigenvalue weighted by Gasteiger charge is -2.30. The van der Waals surface area contributed by atoms with E-state index in [9.17, 15) is 12.8 Å². The maximum Gasteiger partial charge on any atom is 0.269 e. The van der Waals surface area contributed by atoms with Crippen molar-refractivity contribution in [2.75, 3.05) is 5.75 Å². The van der Waals surface area contributed by atoms with Gasteiger partial charge in [0.15, 0.2) is 5.79 Å². The fraction of sp³-hybridized carbons (Fsp3) is 1.00. The Labute approximate surface area is 90.0 Å². The van der Waals surface area contributed by atoms with Crippen LogP contribution in [0.1, 0.15) is 39.0 Å².